The number of halogens is 2. The summed E-state index contributed by atoms with van der Waals surface area (Å²) in [6, 6.07) is 10.6. The second kappa shape index (κ2) is 8.87. The molecule has 3 aromatic heterocycles. The van der Waals surface area contributed by atoms with Crippen molar-refractivity contribution in [1.29, 1.82) is 0 Å². The fraction of sp³-hybridized carbons (Fsp3) is 0.0952. The molecule has 3 heterocycles. The third-order valence-corrected chi connectivity index (χ3v) is 5.85. The standard InChI is InChI=1S/C21H16Cl2N4O2S/c1-2-9-27(20(28)19-7-5-15(29-19)12-26-10-3-8-24-26)21-25-18(13-30-21)14-4-6-16(22)17(23)11-14/h2-8,10-11,13H,1,9,12H2. The molecular weight excluding hydrogens is 443 g/mol. The Morgan fingerprint density at radius 2 is 2.13 bits per heavy atom. The van der Waals surface area contributed by atoms with E-state index in [-0.39, 0.29) is 11.7 Å². The van der Waals surface area contributed by atoms with E-state index in [9.17, 15) is 4.79 Å². The summed E-state index contributed by atoms with van der Waals surface area (Å²) in [4.78, 5) is 19.2. The number of carbonyl (C=O) groups is 1. The van der Waals surface area contributed by atoms with E-state index < -0.39 is 0 Å². The fourth-order valence-corrected chi connectivity index (χ4v) is 3.96. The maximum absolute atomic E-state index is 13.1. The van der Waals surface area contributed by atoms with E-state index in [1.54, 1.807) is 41.2 Å². The monoisotopic (exact) mass is 458 g/mol. The van der Waals surface area contributed by atoms with Gasteiger partial charge in [-0.25, -0.2) is 4.98 Å². The van der Waals surface area contributed by atoms with Gasteiger partial charge in [-0.3, -0.25) is 14.4 Å². The average Bonchev–Trinajstić information content (AvgIpc) is 3.50. The zero-order valence-corrected chi connectivity index (χ0v) is 18.0. The number of hydrogen-bond donors (Lipinski definition) is 0. The first-order valence-corrected chi connectivity index (χ1v) is 10.6. The lowest BCUT2D eigenvalue weighted by Crippen LogP contribution is -2.30. The lowest BCUT2D eigenvalue weighted by atomic mass is 10.2. The number of thiazole rings is 1. The van der Waals surface area contributed by atoms with Crippen LogP contribution in [0.1, 0.15) is 16.3 Å². The molecule has 0 fully saturated rings. The summed E-state index contributed by atoms with van der Waals surface area (Å²) in [7, 11) is 0. The molecule has 0 saturated carbocycles. The predicted molar refractivity (Wildman–Crippen MR) is 119 cm³/mol. The molecule has 4 aromatic rings. The zero-order chi connectivity index (χ0) is 21.1. The predicted octanol–water partition coefficient (Wildman–Crippen LogP) is 5.79. The Morgan fingerprint density at radius 1 is 1.27 bits per heavy atom. The third-order valence-electron chi connectivity index (χ3n) is 4.24. The van der Waals surface area contributed by atoms with Crippen molar-refractivity contribution in [2.75, 3.05) is 11.4 Å². The van der Waals surface area contributed by atoms with Gasteiger partial charge in [0.1, 0.15) is 5.76 Å². The number of hydrogen-bond acceptors (Lipinski definition) is 5. The minimum absolute atomic E-state index is 0.227. The Morgan fingerprint density at radius 3 is 2.87 bits per heavy atom. The van der Waals surface area contributed by atoms with Crippen LogP contribution in [-0.4, -0.2) is 27.2 Å². The van der Waals surface area contributed by atoms with Crippen LogP contribution >= 0.6 is 34.5 Å². The second-order valence-electron chi connectivity index (χ2n) is 6.32. The molecule has 30 heavy (non-hydrogen) atoms. The number of nitrogens with zero attached hydrogens (tertiary/aromatic N) is 4. The highest BCUT2D eigenvalue weighted by Crippen LogP contribution is 2.32. The van der Waals surface area contributed by atoms with Gasteiger partial charge in [0.2, 0.25) is 0 Å². The van der Waals surface area contributed by atoms with Gasteiger partial charge in [-0.2, -0.15) is 5.10 Å². The highest BCUT2D eigenvalue weighted by Gasteiger charge is 2.23. The third kappa shape index (κ3) is 4.33. The van der Waals surface area contributed by atoms with Gasteiger partial charge in [-0.15, -0.1) is 17.9 Å². The first kappa shape index (κ1) is 20.4. The number of benzene rings is 1. The quantitative estimate of drug-likeness (QED) is 0.328. The van der Waals surface area contributed by atoms with E-state index in [1.165, 1.54) is 16.2 Å². The topological polar surface area (TPSA) is 64.2 Å². The van der Waals surface area contributed by atoms with Crippen LogP contribution < -0.4 is 4.90 Å². The summed E-state index contributed by atoms with van der Waals surface area (Å²) < 4.78 is 7.47. The summed E-state index contributed by atoms with van der Waals surface area (Å²) in [6.45, 7) is 4.49. The Labute approximate surface area is 187 Å². The molecule has 4 rings (SSSR count). The molecule has 0 atom stereocenters. The molecule has 1 aromatic carbocycles. The van der Waals surface area contributed by atoms with Crippen LogP contribution in [-0.2, 0) is 6.54 Å². The molecule has 0 aliphatic heterocycles. The van der Waals surface area contributed by atoms with Gasteiger partial charge in [0.25, 0.3) is 5.91 Å². The summed E-state index contributed by atoms with van der Waals surface area (Å²) >= 11 is 13.5. The second-order valence-corrected chi connectivity index (χ2v) is 7.97. The molecule has 0 unspecified atom stereocenters. The Bertz CT molecular complexity index is 1180. The van der Waals surface area contributed by atoms with Gasteiger partial charge < -0.3 is 4.42 Å². The number of aromatic nitrogens is 3. The Kier molecular flexibility index (Phi) is 6.03. The number of anilines is 1. The first-order valence-electron chi connectivity index (χ1n) is 8.95. The normalized spacial score (nSPS) is 10.9. The molecular formula is C21H16Cl2N4O2S. The highest BCUT2D eigenvalue weighted by molar-refractivity contribution is 7.14. The molecule has 0 saturated heterocycles. The van der Waals surface area contributed by atoms with E-state index in [4.69, 9.17) is 27.6 Å². The van der Waals surface area contributed by atoms with Crippen LogP contribution in [0.25, 0.3) is 11.3 Å². The molecule has 0 aliphatic rings. The van der Waals surface area contributed by atoms with E-state index >= 15 is 0 Å². The summed E-state index contributed by atoms with van der Waals surface area (Å²) in [5.41, 5.74) is 1.52. The number of rotatable bonds is 7. The number of carbonyl (C=O) groups excluding carboxylic acids is 1. The molecule has 0 radical (unpaired) electrons. The van der Waals surface area contributed by atoms with Crippen molar-refractivity contribution < 1.29 is 9.21 Å². The summed E-state index contributed by atoms with van der Waals surface area (Å²) in [5.74, 6) is 0.568. The molecule has 0 N–H and O–H groups in total. The van der Waals surface area contributed by atoms with E-state index in [1.807, 2.05) is 23.7 Å². The number of furan rings is 1. The van der Waals surface area contributed by atoms with E-state index in [0.29, 0.717) is 39.7 Å². The van der Waals surface area contributed by atoms with E-state index in [2.05, 4.69) is 16.7 Å². The molecule has 152 valence electrons. The van der Waals surface area contributed by atoms with Crippen LogP contribution in [0.15, 0.2) is 71.2 Å². The summed E-state index contributed by atoms with van der Waals surface area (Å²) in [6.07, 6.45) is 5.16. The minimum atomic E-state index is -0.295. The minimum Gasteiger partial charge on any atom is -0.454 e. The Balaban J connectivity index is 1.57. The smallest absolute Gasteiger partial charge is 0.296 e. The fourth-order valence-electron chi connectivity index (χ4n) is 2.82. The van der Waals surface area contributed by atoms with Gasteiger partial charge in [-0.05, 0) is 30.3 Å². The molecule has 9 heteroatoms. The van der Waals surface area contributed by atoms with Crippen molar-refractivity contribution >= 4 is 45.6 Å². The highest BCUT2D eigenvalue weighted by atomic mass is 35.5. The summed E-state index contributed by atoms with van der Waals surface area (Å²) in [5, 5.41) is 7.46. The van der Waals surface area contributed by atoms with E-state index in [0.717, 1.165) is 5.56 Å². The van der Waals surface area contributed by atoms with Crippen molar-refractivity contribution in [3.05, 3.63) is 88.4 Å². The molecule has 0 aliphatic carbocycles. The molecule has 0 spiro atoms. The molecule has 6 nitrogen and oxygen atoms in total. The largest absolute Gasteiger partial charge is 0.454 e. The van der Waals surface area contributed by atoms with Crippen LogP contribution in [0.4, 0.5) is 5.13 Å². The van der Waals surface area contributed by atoms with Crippen molar-refractivity contribution in [3.63, 3.8) is 0 Å². The average molecular weight is 459 g/mol. The Hall–Kier alpha value is -2.87. The number of amides is 1. The zero-order valence-electron chi connectivity index (χ0n) is 15.7. The van der Waals surface area contributed by atoms with Gasteiger partial charge in [-0.1, -0.05) is 35.3 Å². The van der Waals surface area contributed by atoms with Crippen LogP contribution in [0.3, 0.4) is 0 Å². The van der Waals surface area contributed by atoms with Crippen LogP contribution in [0.5, 0.6) is 0 Å². The van der Waals surface area contributed by atoms with Crippen LogP contribution in [0, 0.1) is 0 Å². The maximum atomic E-state index is 13.1. The molecule has 0 bridgehead atoms. The van der Waals surface area contributed by atoms with Crippen molar-refractivity contribution in [1.82, 2.24) is 14.8 Å². The first-order chi connectivity index (χ1) is 14.5. The maximum Gasteiger partial charge on any atom is 0.296 e. The van der Waals surface area contributed by atoms with Gasteiger partial charge in [0.05, 0.1) is 22.3 Å². The molecule has 1 amide bonds. The lowest BCUT2D eigenvalue weighted by molar-refractivity contribution is 0.0961. The SMILES string of the molecule is C=CCN(C(=O)c1ccc(Cn2cccn2)o1)c1nc(-c2ccc(Cl)c(Cl)c2)cs1. The van der Waals surface area contributed by atoms with Crippen molar-refractivity contribution in [2.24, 2.45) is 0 Å². The van der Waals surface area contributed by atoms with Gasteiger partial charge >= 0.3 is 0 Å². The van der Waals surface area contributed by atoms with Gasteiger partial charge in [0, 0.05) is 29.9 Å². The van der Waals surface area contributed by atoms with Crippen molar-refractivity contribution in [3.8, 4) is 11.3 Å². The van der Waals surface area contributed by atoms with Gasteiger partial charge in [0.15, 0.2) is 10.9 Å². The van der Waals surface area contributed by atoms with Crippen molar-refractivity contribution in [2.45, 2.75) is 6.54 Å². The van der Waals surface area contributed by atoms with Crippen LogP contribution in [0.2, 0.25) is 10.0 Å². The lowest BCUT2D eigenvalue weighted by Gasteiger charge is -2.16.